The van der Waals surface area contributed by atoms with Crippen LogP contribution in [0.5, 0.6) is 0 Å². The molecular formula is C13H20N2O3S. The van der Waals surface area contributed by atoms with E-state index in [2.05, 4.69) is 5.32 Å². The fourth-order valence-electron chi connectivity index (χ4n) is 2.24. The van der Waals surface area contributed by atoms with Crippen molar-refractivity contribution in [2.45, 2.75) is 30.4 Å². The second-order valence-corrected chi connectivity index (χ2v) is 7.20. The third-order valence-electron chi connectivity index (χ3n) is 3.36. The van der Waals surface area contributed by atoms with Gasteiger partial charge in [-0.25, -0.2) is 8.42 Å². The van der Waals surface area contributed by atoms with Crippen LogP contribution in [0.25, 0.3) is 0 Å². The van der Waals surface area contributed by atoms with Crippen LogP contribution in [0.1, 0.15) is 18.9 Å². The van der Waals surface area contributed by atoms with Crippen LogP contribution in [0, 0.1) is 0 Å². The summed E-state index contributed by atoms with van der Waals surface area (Å²) in [7, 11) is -1.64. The van der Waals surface area contributed by atoms with Crippen molar-refractivity contribution in [2.75, 3.05) is 20.1 Å². The second-order valence-electron chi connectivity index (χ2n) is 5.26. The highest BCUT2D eigenvalue weighted by Crippen LogP contribution is 2.26. The van der Waals surface area contributed by atoms with E-state index in [1.165, 1.54) is 4.31 Å². The van der Waals surface area contributed by atoms with E-state index < -0.39 is 15.6 Å². The molecule has 2 N–H and O–H groups in total. The molecule has 1 aromatic rings. The van der Waals surface area contributed by atoms with Crippen LogP contribution < -0.4 is 5.32 Å². The lowest BCUT2D eigenvalue weighted by molar-refractivity contribution is 0.0762. The zero-order chi connectivity index (χ0) is 14.1. The topological polar surface area (TPSA) is 69.6 Å². The minimum Gasteiger partial charge on any atom is -0.389 e. The number of rotatable bonds is 4. The Balaban J connectivity index is 2.20. The number of sulfonamides is 1. The molecule has 1 aromatic carbocycles. The summed E-state index contributed by atoms with van der Waals surface area (Å²) in [6.45, 7) is 2.90. The highest BCUT2D eigenvalue weighted by molar-refractivity contribution is 7.89. The molecule has 1 fully saturated rings. The van der Waals surface area contributed by atoms with Crippen molar-refractivity contribution >= 4 is 10.0 Å². The molecule has 0 saturated carbocycles. The van der Waals surface area contributed by atoms with Gasteiger partial charge in [-0.2, -0.15) is 4.31 Å². The van der Waals surface area contributed by atoms with Crippen LogP contribution in [0.4, 0.5) is 0 Å². The molecule has 1 unspecified atom stereocenters. The quantitative estimate of drug-likeness (QED) is 0.847. The van der Waals surface area contributed by atoms with Gasteiger partial charge in [0.2, 0.25) is 10.0 Å². The van der Waals surface area contributed by atoms with Gasteiger partial charge in [0.25, 0.3) is 0 Å². The number of aliphatic hydroxyl groups is 1. The zero-order valence-electron chi connectivity index (χ0n) is 11.3. The minimum atomic E-state index is -3.49. The summed E-state index contributed by atoms with van der Waals surface area (Å²) in [5.74, 6) is 0. The number of nitrogens with one attached hydrogen (secondary N) is 1. The summed E-state index contributed by atoms with van der Waals surface area (Å²) in [5.41, 5.74) is 0.119. The van der Waals surface area contributed by atoms with Crippen molar-refractivity contribution < 1.29 is 13.5 Å². The van der Waals surface area contributed by atoms with Crippen LogP contribution in [0.3, 0.4) is 0 Å². The monoisotopic (exact) mass is 284 g/mol. The number of hydrogen-bond acceptors (Lipinski definition) is 4. The summed E-state index contributed by atoms with van der Waals surface area (Å²) >= 11 is 0. The molecule has 19 heavy (non-hydrogen) atoms. The van der Waals surface area contributed by atoms with Crippen LogP contribution >= 0.6 is 0 Å². The molecule has 1 heterocycles. The van der Waals surface area contributed by atoms with Gasteiger partial charge in [-0.1, -0.05) is 12.1 Å². The molecule has 6 heteroatoms. The van der Waals surface area contributed by atoms with E-state index in [1.807, 2.05) is 7.05 Å². The molecule has 5 nitrogen and oxygen atoms in total. The summed E-state index contributed by atoms with van der Waals surface area (Å²) < 4.78 is 26.1. The SMILES string of the molecule is CNCc1ccc(S(=O)(=O)N2CCC(C)(O)C2)cc1. The summed E-state index contributed by atoms with van der Waals surface area (Å²) in [5, 5.41) is 12.9. The molecule has 1 aliphatic rings. The van der Waals surface area contributed by atoms with Gasteiger partial charge in [-0.05, 0) is 38.1 Å². The first-order valence-corrected chi connectivity index (χ1v) is 7.75. The van der Waals surface area contributed by atoms with E-state index in [1.54, 1.807) is 31.2 Å². The fourth-order valence-corrected chi connectivity index (χ4v) is 3.80. The van der Waals surface area contributed by atoms with Gasteiger partial charge in [0, 0.05) is 19.6 Å². The summed E-state index contributed by atoms with van der Waals surface area (Å²) in [4.78, 5) is 0.282. The smallest absolute Gasteiger partial charge is 0.243 e. The van der Waals surface area contributed by atoms with E-state index >= 15 is 0 Å². The first kappa shape index (κ1) is 14.5. The van der Waals surface area contributed by atoms with Crippen LogP contribution in [-0.2, 0) is 16.6 Å². The molecule has 0 bridgehead atoms. The summed E-state index contributed by atoms with van der Waals surface area (Å²) in [6.07, 6.45) is 0.476. The molecule has 0 aliphatic carbocycles. The van der Waals surface area contributed by atoms with Crippen LogP contribution in [0.2, 0.25) is 0 Å². The van der Waals surface area contributed by atoms with Gasteiger partial charge in [0.15, 0.2) is 0 Å². The van der Waals surface area contributed by atoms with E-state index in [0.29, 0.717) is 19.5 Å². The third kappa shape index (κ3) is 3.14. The van der Waals surface area contributed by atoms with E-state index in [0.717, 1.165) is 5.56 Å². The predicted octanol–water partition coefficient (Wildman–Crippen LogP) is 0.551. The van der Waals surface area contributed by atoms with Crippen LogP contribution in [0.15, 0.2) is 29.2 Å². The third-order valence-corrected chi connectivity index (χ3v) is 5.22. The predicted molar refractivity (Wildman–Crippen MR) is 73.2 cm³/mol. The van der Waals surface area contributed by atoms with Crippen molar-refractivity contribution in [2.24, 2.45) is 0 Å². The van der Waals surface area contributed by atoms with Gasteiger partial charge in [-0.15, -0.1) is 0 Å². The van der Waals surface area contributed by atoms with Crippen LogP contribution in [-0.4, -0.2) is 43.6 Å². The molecule has 2 rings (SSSR count). The average molecular weight is 284 g/mol. The number of hydrogen-bond donors (Lipinski definition) is 2. The first-order valence-electron chi connectivity index (χ1n) is 6.31. The molecule has 106 valence electrons. The highest BCUT2D eigenvalue weighted by Gasteiger charge is 2.38. The maximum atomic E-state index is 12.4. The Kier molecular flexibility index (Phi) is 3.96. The maximum Gasteiger partial charge on any atom is 0.243 e. The Morgan fingerprint density at radius 2 is 2.00 bits per heavy atom. The van der Waals surface area contributed by atoms with Gasteiger partial charge < -0.3 is 10.4 Å². The largest absolute Gasteiger partial charge is 0.389 e. The van der Waals surface area contributed by atoms with Gasteiger partial charge >= 0.3 is 0 Å². The molecule has 1 aliphatic heterocycles. The van der Waals surface area contributed by atoms with Gasteiger partial charge in [0.1, 0.15) is 0 Å². The Bertz CT molecular complexity index is 538. The number of benzene rings is 1. The van der Waals surface area contributed by atoms with E-state index in [9.17, 15) is 13.5 Å². The Morgan fingerprint density at radius 3 is 2.47 bits per heavy atom. The van der Waals surface area contributed by atoms with Crippen molar-refractivity contribution in [1.82, 2.24) is 9.62 Å². The average Bonchev–Trinajstić information content (AvgIpc) is 2.71. The summed E-state index contributed by atoms with van der Waals surface area (Å²) in [6, 6.07) is 6.85. The minimum absolute atomic E-state index is 0.160. The standard InChI is InChI=1S/C13H20N2O3S/c1-13(16)7-8-15(10-13)19(17,18)12-5-3-11(4-6-12)9-14-2/h3-6,14,16H,7-10H2,1-2H3. The second kappa shape index (κ2) is 5.20. The van der Waals surface area contributed by atoms with Crippen molar-refractivity contribution in [1.29, 1.82) is 0 Å². The Labute approximate surface area is 114 Å². The number of nitrogens with zero attached hydrogens (tertiary/aromatic N) is 1. The lowest BCUT2D eigenvalue weighted by Crippen LogP contribution is -2.33. The highest BCUT2D eigenvalue weighted by atomic mass is 32.2. The van der Waals surface area contributed by atoms with Gasteiger partial charge in [-0.3, -0.25) is 0 Å². The molecule has 0 radical (unpaired) electrons. The maximum absolute atomic E-state index is 12.4. The molecular weight excluding hydrogens is 264 g/mol. The lowest BCUT2D eigenvalue weighted by Gasteiger charge is -2.19. The lowest BCUT2D eigenvalue weighted by atomic mass is 10.1. The molecule has 1 atom stereocenters. The molecule has 0 aromatic heterocycles. The van der Waals surface area contributed by atoms with Crippen molar-refractivity contribution in [3.05, 3.63) is 29.8 Å². The van der Waals surface area contributed by atoms with Crippen molar-refractivity contribution in [3.8, 4) is 0 Å². The van der Waals surface area contributed by atoms with E-state index in [-0.39, 0.29) is 11.4 Å². The zero-order valence-corrected chi connectivity index (χ0v) is 12.1. The molecule has 0 amide bonds. The van der Waals surface area contributed by atoms with Crippen molar-refractivity contribution in [3.63, 3.8) is 0 Å². The van der Waals surface area contributed by atoms with Gasteiger partial charge in [0.05, 0.1) is 10.5 Å². The first-order chi connectivity index (χ1) is 8.85. The number of β-amino-alcohol motifs (C(OH)–C–C–N with tert-alkyl or cyclic N) is 1. The molecule has 1 saturated heterocycles. The Hall–Kier alpha value is -0.950. The van der Waals surface area contributed by atoms with E-state index in [4.69, 9.17) is 0 Å². The normalized spacial score (nSPS) is 24.8. The molecule has 0 spiro atoms. The fraction of sp³-hybridized carbons (Fsp3) is 0.538. The Morgan fingerprint density at radius 1 is 1.37 bits per heavy atom.